The molecule has 0 saturated carbocycles. The molecule has 0 spiro atoms. The summed E-state index contributed by atoms with van der Waals surface area (Å²) in [6.45, 7) is 7.46. The van der Waals surface area contributed by atoms with Gasteiger partial charge >= 0.3 is 0 Å². The summed E-state index contributed by atoms with van der Waals surface area (Å²) in [5, 5.41) is 4.05. The van der Waals surface area contributed by atoms with Gasteiger partial charge in [0.05, 0.1) is 5.02 Å². The molecular weight excluding hydrogens is 299 g/mol. The Kier molecular flexibility index (Phi) is 5.38. The number of halogens is 2. The van der Waals surface area contributed by atoms with E-state index in [9.17, 15) is 0 Å². The topological polar surface area (TPSA) is 33.7 Å². The van der Waals surface area contributed by atoms with Gasteiger partial charge in [0.1, 0.15) is 13.2 Å². The molecule has 1 saturated heterocycles. The molecule has 6 heteroatoms. The number of fused-ring (bicyclic) bond motifs is 1. The van der Waals surface area contributed by atoms with E-state index >= 15 is 0 Å². The quantitative estimate of drug-likeness (QED) is 0.907. The smallest absolute Gasteiger partial charge is 0.179 e. The van der Waals surface area contributed by atoms with E-state index in [1.807, 2.05) is 6.07 Å². The molecule has 0 amide bonds. The van der Waals surface area contributed by atoms with Crippen LogP contribution >= 0.6 is 24.0 Å². The van der Waals surface area contributed by atoms with Crippen LogP contribution < -0.4 is 14.8 Å². The van der Waals surface area contributed by atoms with E-state index in [1.54, 1.807) is 0 Å². The first-order valence-electron chi connectivity index (χ1n) is 6.77. The second-order valence-electron chi connectivity index (χ2n) is 5.13. The molecule has 0 radical (unpaired) electrons. The third kappa shape index (κ3) is 3.31. The number of hydrogen-bond donors (Lipinski definition) is 1. The lowest BCUT2D eigenvalue weighted by molar-refractivity contribution is 0.161. The minimum absolute atomic E-state index is 0. The molecule has 1 aromatic rings. The molecule has 0 bridgehead atoms. The third-order valence-corrected chi connectivity index (χ3v) is 3.96. The Balaban J connectivity index is 0.00000147. The Hall–Kier alpha value is -0.680. The Morgan fingerprint density at radius 3 is 2.95 bits per heavy atom. The summed E-state index contributed by atoms with van der Waals surface area (Å²) in [6, 6.07) is 4.58. The van der Waals surface area contributed by atoms with Crippen molar-refractivity contribution in [2.75, 3.05) is 32.8 Å². The molecule has 3 rings (SSSR count). The van der Waals surface area contributed by atoms with E-state index < -0.39 is 0 Å². The van der Waals surface area contributed by atoms with Crippen LogP contribution in [0.5, 0.6) is 11.5 Å². The van der Waals surface area contributed by atoms with Gasteiger partial charge in [-0.05, 0) is 24.6 Å². The lowest BCUT2D eigenvalue weighted by Gasteiger charge is -2.34. The first kappa shape index (κ1) is 15.7. The van der Waals surface area contributed by atoms with Crippen molar-refractivity contribution in [3.63, 3.8) is 0 Å². The molecule has 2 aliphatic heterocycles. The maximum Gasteiger partial charge on any atom is 0.179 e. The fraction of sp³-hybridized carbons (Fsp3) is 0.571. The summed E-state index contributed by atoms with van der Waals surface area (Å²) in [6.07, 6.45) is 0. The van der Waals surface area contributed by atoms with Gasteiger partial charge in [-0.2, -0.15) is 0 Å². The van der Waals surface area contributed by atoms with E-state index in [2.05, 4.69) is 23.2 Å². The summed E-state index contributed by atoms with van der Waals surface area (Å²) in [7, 11) is 0. The van der Waals surface area contributed by atoms with Crippen molar-refractivity contribution in [2.24, 2.45) is 0 Å². The number of benzene rings is 1. The highest BCUT2D eigenvalue weighted by Gasteiger charge is 2.21. The molecule has 112 valence electrons. The second-order valence-corrected chi connectivity index (χ2v) is 5.53. The van der Waals surface area contributed by atoms with Crippen molar-refractivity contribution in [3.8, 4) is 11.5 Å². The molecule has 4 nitrogen and oxygen atoms in total. The van der Waals surface area contributed by atoms with Crippen LogP contribution in [-0.2, 0) is 6.54 Å². The fourth-order valence-corrected chi connectivity index (χ4v) is 2.90. The van der Waals surface area contributed by atoms with Gasteiger partial charge in [-0.1, -0.05) is 11.6 Å². The standard InChI is InChI=1S/C14H19ClN2O2.ClH/c1-10-8-16-2-3-17(10)9-11-6-12(15)14-13(7-11)18-4-5-19-14;/h6-7,10,16H,2-5,8-9H2,1H3;1H/t10-;/m1./s1. The molecule has 0 aromatic heterocycles. The molecule has 0 aliphatic carbocycles. The van der Waals surface area contributed by atoms with Crippen molar-refractivity contribution in [1.29, 1.82) is 0 Å². The van der Waals surface area contributed by atoms with Crippen LogP contribution in [0.25, 0.3) is 0 Å². The zero-order valence-electron chi connectivity index (χ0n) is 11.5. The molecule has 2 aliphatic rings. The molecule has 2 heterocycles. The average molecular weight is 319 g/mol. The van der Waals surface area contributed by atoms with Gasteiger partial charge in [0.15, 0.2) is 11.5 Å². The lowest BCUT2D eigenvalue weighted by Crippen LogP contribution is -2.49. The molecular formula is C14H20Cl2N2O2. The van der Waals surface area contributed by atoms with Gasteiger partial charge < -0.3 is 14.8 Å². The fourth-order valence-electron chi connectivity index (χ4n) is 2.61. The summed E-state index contributed by atoms with van der Waals surface area (Å²) >= 11 is 6.27. The minimum Gasteiger partial charge on any atom is -0.486 e. The monoisotopic (exact) mass is 318 g/mol. The highest BCUT2D eigenvalue weighted by Crippen LogP contribution is 2.38. The first-order valence-corrected chi connectivity index (χ1v) is 7.14. The van der Waals surface area contributed by atoms with E-state index in [4.69, 9.17) is 21.1 Å². The van der Waals surface area contributed by atoms with Gasteiger partial charge in [-0.15, -0.1) is 12.4 Å². The third-order valence-electron chi connectivity index (χ3n) is 3.68. The second kappa shape index (κ2) is 6.85. The Morgan fingerprint density at radius 1 is 1.35 bits per heavy atom. The van der Waals surface area contributed by atoms with Crippen molar-refractivity contribution >= 4 is 24.0 Å². The molecule has 1 N–H and O–H groups in total. The Morgan fingerprint density at radius 2 is 2.15 bits per heavy atom. The van der Waals surface area contributed by atoms with Crippen LogP contribution in [0.4, 0.5) is 0 Å². The van der Waals surface area contributed by atoms with Crippen molar-refractivity contribution in [2.45, 2.75) is 19.5 Å². The van der Waals surface area contributed by atoms with Crippen LogP contribution in [0.15, 0.2) is 12.1 Å². The van der Waals surface area contributed by atoms with Crippen LogP contribution in [0.3, 0.4) is 0 Å². The van der Waals surface area contributed by atoms with E-state index in [-0.39, 0.29) is 12.4 Å². The predicted molar refractivity (Wildman–Crippen MR) is 82.4 cm³/mol. The van der Waals surface area contributed by atoms with Crippen LogP contribution in [0, 0.1) is 0 Å². The normalized spacial score (nSPS) is 22.2. The molecule has 1 fully saturated rings. The first-order chi connectivity index (χ1) is 9.24. The summed E-state index contributed by atoms with van der Waals surface area (Å²) in [4.78, 5) is 2.46. The zero-order valence-corrected chi connectivity index (χ0v) is 13.1. The molecule has 1 atom stereocenters. The largest absolute Gasteiger partial charge is 0.486 e. The number of piperazine rings is 1. The highest BCUT2D eigenvalue weighted by molar-refractivity contribution is 6.32. The summed E-state index contributed by atoms with van der Waals surface area (Å²) in [5.74, 6) is 1.46. The van der Waals surface area contributed by atoms with Crippen molar-refractivity contribution < 1.29 is 9.47 Å². The van der Waals surface area contributed by atoms with Gasteiger partial charge in [-0.25, -0.2) is 0 Å². The molecule has 1 aromatic carbocycles. The van der Waals surface area contributed by atoms with Crippen molar-refractivity contribution in [3.05, 3.63) is 22.7 Å². The lowest BCUT2D eigenvalue weighted by atomic mass is 10.1. The maximum absolute atomic E-state index is 6.27. The molecule has 0 unspecified atom stereocenters. The SMILES string of the molecule is C[C@@H]1CNCCN1Cc1cc(Cl)c2c(c1)OCCO2.Cl. The number of ether oxygens (including phenoxy) is 2. The summed E-state index contributed by atoms with van der Waals surface area (Å²) < 4.78 is 11.2. The van der Waals surface area contributed by atoms with E-state index in [0.29, 0.717) is 30.0 Å². The number of nitrogens with one attached hydrogen (secondary N) is 1. The zero-order chi connectivity index (χ0) is 13.2. The Bertz CT molecular complexity index is 471. The minimum atomic E-state index is 0. The van der Waals surface area contributed by atoms with Gasteiger partial charge in [0.2, 0.25) is 0 Å². The summed E-state index contributed by atoms with van der Waals surface area (Å²) in [5.41, 5.74) is 1.18. The number of nitrogens with zero attached hydrogens (tertiary/aromatic N) is 1. The highest BCUT2D eigenvalue weighted by atomic mass is 35.5. The number of hydrogen-bond acceptors (Lipinski definition) is 4. The molecule has 20 heavy (non-hydrogen) atoms. The van der Waals surface area contributed by atoms with Crippen LogP contribution in [-0.4, -0.2) is 43.8 Å². The van der Waals surface area contributed by atoms with Gasteiger partial charge in [0.25, 0.3) is 0 Å². The van der Waals surface area contributed by atoms with E-state index in [0.717, 1.165) is 31.9 Å². The van der Waals surface area contributed by atoms with Crippen LogP contribution in [0.1, 0.15) is 12.5 Å². The predicted octanol–water partition coefficient (Wildman–Crippen LogP) is 2.33. The Labute approximate surface area is 130 Å². The number of rotatable bonds is 2. The van der Waals surface area contributed by atoms with Gasteiger partial charge in [-0.3, -0.25) is 4.90 Å². The van der Waals surface area contributed by atoms with E-state index in [1.165, 1.54) is 5.56 Å². The van der Waals surface area contributed by atoms with Gasteiger partial charge in [0, 0.05) is 32.2 Å². The van der Waals surface area contributed by atoms with Crippen molar-refractivity contribution in [1.82, 2.24) is 10.2 Å². The average Bonchev–Trinajstić information content (AvgIpc) is 2.42. The van der Waals surface area contributed by atoms with Crippen LogP contribution in [0.2, 0.25) is 5.02 Å². The maximum atomic E-state index is 6.27.